The van der Waals surface area contributed by atoms with Gasteiger partial charge in [-0.1, -0.05) is 18.2 Å². The third-order valence-electron chi connectivity index (χ3n) is 3.45. The van der Waals surface area contributed by atoms with E-state index in [-0.39, 0.29) is 5.91 Å². The molecule has 0 fully saturated rings. The van der Waals surface area contributed by atoms with E-state index >= 15 is 0 Å². The molecular formula is C18H16N4O. The fraction of sp³-hybridized carbons (Fsp3) is 0.0556. The number of benzene rings is 1. The zero-order valence-electron chi connectivity index (χ0n) is 12.5. The first-order chi connectivity index (χ1) is 11.3. The molecule has 2 N–H and O–H groups in total. The quantitative estimate of drug-likeness (QED) is 0.712. The molecule has 0 bridgehead atoms. The number of aromatic nitrogens is 3. The van der Waals surface area contributed by atoms with Crippen molar-refractivity contribution in [2.45, 2.75) is 0 Å². The highest BCUT2D eigenvalue weighted by atomic mass is 16.1. The van der Waals surface area contributed by atoms with Gasteiger partial charge in [-0.05, 0) is 29.8 Å². The first-order valence-corrected chi connectivity index (χ1v) is 7.23. The van der Waals surface area contributed by atoms with E-state index in [0.717, 1.165) is 22.4 Å². The largest absolute Gasteiger partial charge is 0.349 e. The number of rotatable bonds is 5. The van der Waals surface area contributed by atoms with Crippen LogP contribution in [0.1, 0.15) is 10.4 Å². The van der Waals surface area contributed by atoms with Gasteiger partial charge in [0.1, 0.15) is 0 Å². The summed E-state index contributed by atoms with van der Waals surface area (Å²) in [5.41, 5.74) is 4.36. The van der Waals surface area contributed by atoms with E-state index in [2.05, 4.69) is 27.1 Å². The summed E-state index contributed by atoms with van der Waals surface area (Å²) in [6, 6.07) is 11.3. The van der Waals surface area contributed by atoms with Crippen molar-refractivity contribution in [3.05, 3.63) is 73.2 Å². The number of carbonyl (C=O) groups excluding carboxylic acids is 1. The van der Waals surface area contributed by atoms with Gasteiger partial charge in [-0.15, -0.1) is 6.58 Å². The lowest BCUT2D eigenvalue weighted by molar-refractivity contribution is 0.0958. The average molecular weight is 304 g/mol. The summed E-state index contributed by atoms with van der Waals surface area (Å²) in [4.78, 5) is 16.1. The van der Waals surface area contributed by atoms with Crippen LogP contribution >= 0.6 is 0 Å². The molecule has 0 saturated carbocycles. The summed E-state index contributed by atoms with van der Waals surface area (Å²) in [7, 11) is 0. The van der Waals surface area contributed by atoms with Crippen LogP contribution in [-0.4, -0.2) is 27.6 Å². The Morgan fingerprint density at radius 1 is 1.22 bits per heavy atom. The Morgan fingerprint density at radius 2 is 2.04 bits per heavy atom. The van der Waals surface area contributed by atoms with E-state index in [1.54, 1.807) is 30.7 Å². The van der Waals surface area contributed by atoms with Gasteiger partial charge in [0.15, 0.2) is 0 Å². The van der Waals surface area contributed by atoms with E-state index in [1.165, 1.54) is 0 Å². The molecule has 114 valence electrons. The molecule has 3 aromatic rings. The van der Waals surface area contributed by atoms with Crippen LogP contribution in [0.4, 0.5) is 0 Å². The highest BCUT2D eigenvalue weighted by Crippen LogP contribution is 2.30. The Labute approximate surface area is 134 Å². The van der Waals surface area contributed by atoms with Crippen LogP contribution in [0.25, 0.3) is 22.4 Å². The first-order valence-electron chi connectivity index (χ1n) is 7.23. The molecular weight excluding hydrogens is 288 g/mol. The van der Waals surface area contributed by atoms with Crippen LogP contribution in [0.15, 0.2) is 67.6 Å². The zero-order valence-corrected chi connectivity index (χ0v) is 12.5. The van der Waals surface area contributed by atoms with Crippen LogP contribution in [-0.2, 0) is 0 Å². The number of nitrogens with zero attached hydrogens (tertiary/aromatic N) is 2. The van der Waals surface area contributed by atoms with Crippen molar-refractivity contribution in [2.24, 2.45) is 0 Å². The molecule has 1 aromatic carbocycles. The van der Waals surface area contributed by atoms with Crippen molar-refractivity contribution >= 4 is 5.91 Å². The second-order valence-corrected chi connectivity index (χ2v) is 4.97. The van der Waals surface area contributed by atoms with Crippen LogP contribution in [0, 0.1) is 0 Å². The molecule has 5 heteroatoms. The van der Waals surface area contributed by atoms with E-state index in [1.807, 2.05) is 30.3 Å². The molecule has 2 aromatic heterocycles. The Kier molecular flexibility index (Phi) is 4.29. The van der Waals surface area contributed by atoms with E-state index < -0.39 is 0 Å². The van der Waals surface area contributed by atoms with Crippen LogP contribution in [0.2, 0.25) is 0 Å². The molecule has 0 unspecified atom stereocenters. The first kappa shape index (κ1) is 14.7. The SMILES string of the molecule is C=CCNC(=O)c1cccc(-c2[nH]ncc2-c2ccncc2)c1. The summed E-state index contributed by atoms with van der Waals surface area (Å²) in [5, 5.41) is 9.93. The van der Waals surface area contributed by atoms with E-state index in [0.29, 0.717) is 12.1 Å². The minimum atomic E-state index is -0.128. The molecule has 0 spiro atoms. The summed E-state index contributed by atoms with van der Waals surface area (Å²) in [6.07, 6.45) is 6.91. The summed E-state index contributed by atoms with van der Waals surface area (Å²) >= 11 is 0. The number of pyridine rings is 1. The van der Waals surface area contributed by atoms with E-state index in [4.69, 9.17) is 0 Å². The number of nitrogens with one attached hydrogen (secondary N) is 2. The molecule has 0 atom stereocenters. The second kappa shape index (κ2) is 6.70. The van der Waals surface area contributed by atoms with Crippen molar-refractivity contribution in [2.75, 3.05) is 6.54 Å². The van der Waals surface area contributed by atoms with Crippen LogP contribution in [0.3, 0.4) is 0 Å². The number of carbonyl (C=O) groups is 1. The minimum Gasteiger partial charge on any atom is -0.349 e. The summed E-state index contributed by atoms with van der Waals surface area (Å²) in [5.74, 6) is -0.128. The summed E-state index contributed by atoms with van der Waals surface area (Å²) < 4.78 is 0. The molecule has 0 radical (unpaired) electrons. The maximum absolute atomic E-state index is 12.1. The Morgan fingerprint density at radius 3 is 2.83 bits per heavy atom. The molecule has 5 nitrogen and oxygen atoms in total. The van der Waals surface area contributed by atoms with Gasteiger partial charge in [0, 0.05) is 35.6 Å². The second-order valence-electron chi connectivity index (χ2n) is 4.97. The predicted molar refractivity (Wildman–Crippen MR) is 89.8 cm³/mol. The maximum Gasteiger partial charge on any atom is 0.251 e. The lowest BCUT2D eigenvalue weighted by atomic mass is 10.0. The molecule has 0 saturated heterocycles. The van der Waals surface area contributed by atoms with Gasteiger partial charge in [-0.3, -0.25) is 14.9 Å². The van der Waals surface area contributed by atoms with Gasteiger partial charge >= 0.3 is 0 Å². The van der Waals surface area contributed by atoms with Gasteiger partial charge in [-0.25, -0.2) is 0 Å². The highest BCUT2D eigenvalue weighted by molar-refractivity contribution is 5.96. The van der Waals surface area contributed by atoms with Gasteiger partial charge in [0.25, 0.3) is 5.91 Å². The Bertz CT molecular complexity index is 824. The maximum atomic E-state index is 12.1. The van der Waals surface area contributed by atoms with Gasteiger partial charge in [0.05, 0.1) is 11.9 Å². The topological polar surface area (TPSA) is 70.7 Å². The fourth-order valence-electron chi connectivity index (χ4n) is 2.34. The van der Waals surface area contributed by atoms with Crippen molar-refractivity contribution in [3.8, 4) is 22.4 Å². The highest BCUT2D eigenvalue weighted by Gasteiger charge is 2.12. The average Bonchev–Trinajstić information content (AvgIpc) is 3.10. The monoisotopic (exact) mass is 304 g/mol. The van der Waals surface area contributed by atoms with Crippen molar-refractivity contribution in [1.82, 2.24) is 20.5 Å². The smallest absolute Gasteiger partial charge is 0.251 e. The van der Waals surface area contributed by atoms with Crippen molar-refractivity contribution in [1.29, 1.82) is 0 Å². The normalized spacial score (nSPS) is 10.3. The Hall–Kier alpha value is -3.21. The Balaban J connectivity index is 1.96. The molecule has 23 heavy (non-hydrogen) atoms. The molecule has 0 aliphatic heterocycles. The van der Waals surface area contributed by atoms with Crippen molar-refractivity contribution < 1.29 is 4.79 Å². The fourth-order valence-corrected chi connectivity index (χ4v) is 2.34. The lowest BCUT2D eigenvalue weighted by Gasteiger charge is -2.06. The number of hydrogen-bond donors (Lipinski definition) is 2. The van der Waals surface area contributed by atoms with Gasteiger partial charge in [0.2, 0.25) is 0 Å². The molecule has 0 aliphatic rings. The third-order valence-corrected chi connectivity index (χ3v) is 3.45. The number of hydrogen-bond acceptors (Lipinski definition) is 3. The van der Waals surface area contributed by atoms with Gasteiger partial charge in [-0.2, -0.15) is 5.10 Å². The molecule has 0 aliphatic carbocycles. The third kappa shape index (κ3) is 3.18. The molecule has 1 amide bonds. The van der Waals surface area contributed by atoms with Crippen molar-refractivity contribution in [3.63, 3.8) is 0 Å². The molecule has 3 rings (SSSR count). The zero-order chi connectivity index (χ0) is 16.1. The predicted octanol–water partition coefficient (Wildman–Crippen LogP) is 3.05. The lowest BCUT2D eigenvalue weighted by Crippen LogP contribution is -2.23. The number of aromatic amines is 1. The van der Waals surface area contributed by atoms with Crippen LogP contribution in [0.5, 0.6) is 0 Å². The number of amides is 1. The van der Waals surface area contributed by atoms with Gasteiger partial charge < -0.3 is 5.32 Å². The summed E-state index contributed by atoms with van der Waals surface area (Å²) in [6.45, 7) is 4.04. The van der Waals surface area contributed by atoms with Crippen LogP contribution < -0.4 is 5.32 Å². The minimum absolute atomic E-state index is 0.128. The molecule has 2 heterocycles. The standard InChI is InChI=1S/C18H16N4O/c1-2-8-20-18(23)15-5-3-4-14(11-15)17-16(12-21-22-17)13-6-9-19-10-7-13/h2-7,9-12H,1,8H2,(H,20,23)(H,21,22). The van der Waals surface area contributed by atoms with E-state index in [9.17, 15) is 4.79 Å². The number of H-pyrrole nitrogens is 1.